The zero-order valence-corrected chi connectivity index (χ0v) is 14.0. The Morgan fingerprint density at radius 2 is 1.80 bits per heavy atom. The number of unbranched alkanes of at least 4 members (excludes halogenated alkanes) is 1. The molecule has 0 aromatic heterocycles. The van der Waals surface area contributed by atoms with Crippen molar-refractivity contribution in [1.82, 2.24) is 4.90 Å². The number of nitrogens with zero attached hydrogens (tertiary/aromatic N) is 1. The predicted octanol–water partition coefficient (Wildman–Crippen LogP) is 3.05. The van der Waals surface area contributed by atoms with Crippen LogP contribution in [0, 0.1) is 5.41 Å². The number of carbonyl (C=O) groups is 2. The second kappa shape index (κ2) is 9.11. The first-order valence-corrected chi connectivity index (χ1v) is 7.75. The summed E-state index contributed by atoms with van der Waals surface area (Å²) in [6.07, 6.45) is 3.16. The van der Waals surface area contributed by atoms with Crippen LogP contribution in [0.25, 0.3) is 0 Å². The molecule has 0 aromatic carbocycles. The minimum absolute atomic E-state index is 0.0626. The van der Waals surface area contributed by atoms with Crippen molar-refractivity contribution in [2.75, 3.05) is 19.7 Å². The van der Waals surface area contributed by atoms with Crippen molar-refractivity contribution in [3.8, 4) is 0 Å². The Bertz CT molecular complexity index is 313. The molecule has 0 bridgehead atoms. The van der Waals surface area contributed by atoms with Crippen molar-refractivity contribution in [2.24, 2.45) is 5.41 Å². The summed E-state index contributed by atoms with van der Waals surface area (Å²) in [7, 11) is 0. The van der Waals surface area contributed by atoms with Crippen LogP contribution in [-0.4, -0.2) is 42.4 Å². The van der Waals surface area contributed by atoms with Crippen LogP contribution in [0.3, 0.4) is 0 Å². The maximum atomic E-state index is 12.4. The molecule has 20 heavy (non-hydrogen) atoms. The zero-order chi connectivity index (χ0) is 15.8. The van der Waals surface area contributed by atoms with Gasteiger partial charge in [0.25, 0.3) is 0 Å². The van der Waals surface area contributed by atoms with Gasteiger partial charge in [0.05, 0.1) is 13.2 Å². The fourth-order valence-corrected chi connectivity index (χ4v) is 1.88. The van der Waals surface area contributed by atoms with Gasteiger partial charge in [-0.15, -0.1) is 0 Å². The molecule has 0 rings (SSSR count). The molecule has 4 heteroatoms. The number of esters is 1. The summed E-state index contributed by atoms with van der Waals surface area (Å²) in [6, 6.07) is 0.350. The molecule has 4 nitrogen and oxygen atoms in total. The van der Waals surface area contributed by atoms with E-state index in [4.69, 9.17) is 4.74 Å². The Hall–Kier alpha value is -0.900. The van der Waals surface area contributed by atoms with Crippen LogP contribution in [0.1, 0.15) is 60.8 Å². The number of rotatable bonds is 10. The second-order valence-corrected chi connectivity index (χ2v) is 5.85. The normalized spacial score (nSPS) is 13.3. The lowest BCUT2D eigenvalue weighted by atomic mass is 9.87. The lowest BCUT2D eigenvalue weighted by Gasteiger charge is -2.30. The molecule has 0 spiro atoms. The average Bonchev–Trinajstić information content (AvgIpc) is 2.42. The second-order valence-electron chi connectivity index (χ2n) is 5.85. The number of hydrogen-bond acceptors (Lipinski definition) is 4. The third-order valence-corrected chi connectivity index (χ3v) is 3.84. The molecular weight excluding hydrogens is 254 g/mol. The molecular formula is C16H31NO3. The van der Waals surface area contributed by atoms with E-state index in [0.717, 1.165) is 25.8 Å². The largest absolute Gasteiger partial charge is 0.465 e. The highest BCUT2D eigenvalue weighted by Crippen LogP contribution is 2.20. The summed E-state index contributed by atoms with van der Waals surface area (Å²) >= 11 is 0. The van der Waals surface area contributed by atoms with Crippen molar-refractivity contribution >= 4 is 11.8 Å². The van der Waals surface area contributed by atoms with E-state index in [2.05, 4.69) is 25.7 Å². The predicted molar refractivity (Wildman–Crippen MR) is 81.7 cm³/mol. The van der Waals surface area contributed by atoms with Crippen LogP contribution in [-0.2, 0) is 14.3 Å². The van der Waals surface area contributed by atoms with Crippen molar-refractivity contribution in [3.05, 3.63) is 0 Å². The van der Waals surface area contributed by atoms with Crippen molar-refractivity contribution < 1.29 is 14.3 Å². The summed E-state index contributed by atoms with van der Waals surface area (Å²) in [5.41, 5.74) is -1.06. The van der Waals surface area contributed by atoms with E-state index in [0.29, 0.717) is 19.2 Å². The first-order valence-electron chi connectivity index (χ1n) is 7.75. The fraction of sp³-hybridized carbons (Fsp3) is 0.875. The van der Waals surface area contributed by atoms with E-state index in [1.54, 1.807) is 20.8 Å². The molecule has 1 atom stereocenters. The van der Waals surface area contributed by atoms with Crippen LogP contribution in [0.4, 0.5) is 0 Å². The standard InChI is InChI=1S/C16H31NO3/c1-7-10-11-17(13(4)8-2)12-14(18)16(5,6)15(19)20-9-3/h13H,7-12H2,1-6H3. The zero-order valence-electron chi connectivity index (χ0n) is 14.0. The molecule has 0 saturated carbocycles. The van der Waals surface area contributed by atoms with Crippen LogP contribution < -0.4 is 0 Å². The van der Waals surface area contributed by atoms with Gasteiger partial charge in [-0.2, -0.15) is 0 Å². The highest BCUT2D eigenvalue weighted by molar-refractivity contribution is 6.03. The number of Topliss-reactive ketones (excluding diaryl/α,β-unsaturated/α-hetero) is 1. The van der Waals surface area contributed by atoms with Gasteiger partial charge >= 0.3 is 5.97 Å². The summed E-state index contributed by atoms with van der Waals surface area (Å²) in [4.78, 5) is 26.5. The molecule has 0 aliphatic rings. The van der Waals surface area contributed by atoms with Crippen molar-refractivity contribution in [3.63, 3.8) is 0 Å². The molecule has 0 amide bonds. The van der Waals surface area contributed by atoms with Crippen molar-refractivity contribution in [1.29, 1.82) is 0 Å². The number of hydrogen-bond donors (Lipinski definition) is 0. The summed E-state index contributed by atoms with van der Waals surface area (Å²) in [5.74, 6) is -0.489. The van der Waals surface area contributed by atoms with Gasteiger partial charge in [0.1, 0.15) is 5.41 Å². The van der Waals surface area contributed by atoms with Crippen LogP contribution in [0.5, 0.6) is 0 Å². The quantitative estimate of drug-likeness (QED) is 0.457. The van der Waals surface area contributed by atoms with Gasteiger partial charge in [0.15, 0.2) is 5.78 Å². The Labute approximate surface area is 123 Å². The maximum absolute atomic E-state index is 12.4. The molecule has 0 aromatic rings. The summed E-state index contributed by atoms with van der Waals surface area (Å²) in [5, 5.41) is 0. The summed E-state index contributed by atoms with van der Waals surface area (Å²) < 4.78 is 5.00. The molecule has 0 aliphatic carbocycles. The van der Waals surface area contributed by atoms with E-state index >= 15 is 0 Å². The minimum atomic E-state index is -1.06. The topological polar surface area (TPSA) is 46.6 Å². The van der Waals surface area contributed by atoms with E-state index in [1.165, 1.54) is 0 Å². The number of ketones is 1. The Kier molecular flexibility index (Phi) is 8.70. The van der Waals surface area contributed by atoms with Gasteiger partial charge in [0.2, 0.25) is 0 Å². The molecule has 1 unspecified atom stereocenters. The van der Waals surface area contributed by atoms with E-state index in [-0.39, 0.29) is 5.78 Å². The van der Waals surface area contributed by atoms with Gasteiger partial charge in [-0.25, -0.2) is 0 Å². The molecule has 0 aliphatic heterocycles. The number of carbonyl (C=O) groups excluding carboxylic acids is 2. The smallest absolute Gasteiger partial charge is 0.319 e. The lowest BCUT2D eigenvalue weighted by molar-refractivity contribution is -0.158. The van der Waals surface area contributed by atoms with Crippen LogP contribution >= 0.6 is 0 Å². The first kappa shape index (κ1) is 19.1. The number of ether oxygens (including phenoxy) is 1. The molecule has 0 saturated heterocycles. The maximum Gasteiger partial charge on any atom is 0.319 e. The molecule has 0 N–H and O–H groups in total. The minimum Gasteiger partial charge on any atom is -0.465 e. The van der Waals surface area contributed by atoms with E-state index < -0.39 is 11.4 Å². The van der Waals surface area contributed by atoms with Gasteiger partial charge in [-0.3, -0.25) is 14.5 Å². The Morgan fingerprint density at radius 1 is 1.20 bits per heavy atom. The third kappa shape index (κ3) is 5.61. The van der Waals surface area contributed by atoms with Crippen molar-refractivity contribution in [2.45, 2.75) is 66.8 Å². The molecule has 0 radical (unpaired) electrons. The molecule has 0 fully saturated rings. The molecule has 118 valence electrons. The Morgan fingerprint density at radius 3 is 2.25 bits per heavy atom. The lowest BCUT2D eigenvalue weighted by Crippen LogP contribution is -2.45. The van der Waals surface area contributed by atoms with Gasteiger partial charge in [-0.1, -0.05) is 20.3 Å². The van der Waals surface area contributed by atoms with E-state index in [1.807, 2.05) is 0 Å². The van der Waals surface area contributed by atoms with Gasteiger partial charge in [0, 0.05) is 6.04 Å². The van der Waals surface area contributed by atoms with Crippen LogP contribution in [0.15, 0.2) is 0 Å². The fourth-order valence-electron chi connectivity index (χ4n) is 1.88. The third-order valence-electron chi connectivity index (χ3n) is 3.84. The van der Waals surface area contributed by atoms with Gasteiger partial charge in [-0.05, 0) is 47.1 Å². The monoisotopic (exact) mass is 285 g/mol. The first-order chi connectivity index (χ1) is 9.31. The Balaban J connectivity index is 4.76. The highest BCUT2D eigenvalue weighted by atomic mass is 16.5. The van der Waals surface area contributed by atoms with E-state index in [9.17, 15) is 9.59 Å². The average molecular weight is 285 g/mol. The van der Waals surface area contributed by atoms with Crippen LogP contribution in [0.2, 0.25) is 0 Å². The SMILES string of the molecule is CCCCN(CC(=O)C(C)(C)C(=O)OCC)C(C)CC. The van der Waals surface area contributed by atoms with Gasteiger partial charge < -0.3 is 4.74 Å². The molecule has 0 heterocycles. The summed E-state index contributed by atoms with van der Waals surface area (Å²) in [6.45, 7) is 13.0. The highest BCUT2D eigenvalue weighted by Gasteiger charge is 2.38.